The zero-order chi connectivity index (χ0) is 26.2. The van der Waals surface area contributed by atoms with Gasteiger partial charge in [-0.3, -0.25) is 18.9 Å². The molecule has 0 saturated heterocycles. The zero-order valence-electron chi connectivity index (χ0n) is 19.8. The molecule has 2 heterocycles. The van der Waals surface area contributed by atoms with Crippen LogP contribution in [-0.2, 0) is 26.7 Å². The molecule has 188 valence electrons. The lowest BCUT2D eigenvalue weighted by molar-refractivity contribution is -0.136. The number of alkyl halides is 3. The van der Waals surface area contributed by atoms with E-state index in [1.54, 1.807) is 43.3 Å². The van der Waals surface area contributed by atoms with Gasteiger partial charge in [0, 0.05) is 37.4 Å². The van der Waals surface area contributed by atoms with E-state index in [4.69, 9.17) is 0 Å². The normalized spacial score (nSPS) is 12.3. The van der Waals surface area contributed by atoms with Crippen LogP contribution < -0.4 is 16.6 Å². The van der Waals surface area contributed by atoms with Crippen molar-refractivity contribution < 1.29 is 18.3 Å². The Morgan fingerprint density at radius 2 is 1.75 bits per heavy atom. The Labute approximate surface area is 203 Å². The first-order valence-corrected chi connectivity index (χ1v) is 11.0. The van der Waals surface area contributed by atoms with Gasteiger partial charge in [0.15, 0.2) is 0 Å². The standard InChI is InChI=1S/C25H24F3N5O3/c1-14-16(17-10-7-11-18(20(17)30-14)25(26,27)28)12-13-29-21(31-15-8-5-4-6-9-15)19-22(34)32(2)24(36)33(3)23(19)35/h4-11,30,34H,12-13H2,1-3H3,(H,29,31). The number of aryl methyl sites for hydroxylation is 1. The summed E-state index contributed by atoms with van der Waals surface area (Å²) < 4.78 is 42.1. The molecule has 0 aliphatic carbocycles. The van der Waals surface area contributed by atoms with Gasteiger partial charge in [-0.25, -0.2) is 4.79 Å². The van der Waals surface area contributed by atoms with Crippen molar-refractivity contribution in [3.05, 3.63) is 91.8 Å². The van der Waals surface area contributed by atoms with Gasteiger partial charge in [-0.15, -0.1) is 0 Å². The van der Waals surface area contributed by atoms with Crippen molar-refractivity contribution in [2.45, 2.75) is 19.5 Å². The number of hydrogen-bond donors (Lipinski definition) is 3. The minimum Gasteiger partial charge on any atom is -0.494 e. The number of aromatic nitrogens is 3. The van der Waals surface area contributed by atoms with Gasteiger partial charge in [0.25, 0.3) is 5.56 Å². The molecule has 11 heteroatoms. The smallest absolute Gasteiger partial charge is 0.418 e. The molecule has 0 fully saturated rings. The Morgan fingerprint density at radius 1 is 1.06 bits per heavy atom. The molecule has 0 spiro atoms. The molecular weight excluding hydrogens is 475 g/mol. The summed E-state index contributed by atoms with van der Waals surface area (Å²) in [5, 5.41) is 14.1. The molecule has 0 atom stereocenters. The van der Waals surface area contributed by atoms with E-state index < -0.39 is 28.9 Å². The number of aliphatic imine (C=N–C) groups is 1. The summed E-state index contributed by atoms with van der Waals surface area (Å²) in [5.74, 6) is -0.522. The minimum atomic E-state index is -4.50. The van der Waals surface area contributed by atoms with E-state index in [-0.39, 0.29) is 29.9 Å². The number of anilines is 1. The SMILES string of the molecule is Cc1[nH]c2c(C(F)(F)F)cccc2c1CCN=C(Nc1ccccc1)c1c(O)n(C)c(=O)n(C)c1=O. The number of fused-ring (bicyclic) bond motifs is 1. The van der Waals surface area contributed by atoms with E-state index in [0.29, 0.717) is 22.3 Å². The number of rotatable bonds is 5. The quantitative estimate of drug-likeness (QED) is 0.288. The molecule has 2 aromatic carbocycles. The molecule has 0 amide bonds. The van der Waals surface area contributed by atoms with E-state index in [1.165, 1.54) is 20.2 Å². The molecule has 0 unspecified atom stereocenters. The van der Waals surface area contributed by atoms with Gasteiger partial charge >= 0.3 is 11.9 Å². The lowest BCUT2D eigenvalue weighted by Gasteiger charge is -2.14. The molecule has 0 radical (unpaired) electrons. The van der Waals surface area contributed by atoms with E-state index >= 15 is 0 Å². The predicted molar refractivity (Wildman–Crippen MR) is 132 cm³/mol. The number of para-hydroxylation sites is 2. The number of aromatic hydroxyl groups is 1. The molecule has 4 aromatic rings. The monoisotopic (exact) mass is 499 g/mol. The third-order valence-corrected chi connectivity index (χ3v) is 6.00. The summed E-state index contributed by atoms with van der Waals surface area (Å²) in [5.41, 5.74) is -0.544. The van der Waals surface area contributed by atoms with Crippen molar-refractivity contribution in [3.8, 4) is 5.88 Å². The molecule has 4 rings (SSSR count). The maximum absolute atomic E-state index is 13.5. The average Bonchev–Trinajstić information content (AvgIpc) is 3.16. The summed E-state index contributed by atoms with van der Waals surface area (Å²) in [4.78, 5) is 32.4. The highest BCUT2D eigenvalue weighted by molar-refractivity contribution is 6.09. The van der Waals surface area contributed by atoms with Crippen molar-refractivity contribution >= 4 is 22.4 Å². The molecule has 36 heavy (non-hydrogen) atoms. The zero-order valence-corrected chi connectivity index (χ0v) is 19.8. The van der Waals surface area contributed by atoms with E-state index in [1.807, 2.05) is 0 Å². The molecule has 0 bridgehead atoms. The second kappa shape index (κ2) is 9.40. The second-order valence-electron chi connectivity index (χ2n) is 8.33. The average molecular weight is 499 g/mol. The summed E-state index contributed by atoms with van der Waals surface area (Å²) in [6.45, 7) is 1.78. The van der Waals surface area contributed by atoms with Crippen LogP contribution in [0.4, 0.5) is 18.9 Å². The maximum atomic E-state index is 13.5. The molecular formula is C25H24F3N5O3. The lowest BCUT2D eigenvalue weighted by atomic mass is 10.1. The Morgan fingerprint density at radius 3 is 2.42 bits per heavy atom. The van der Waals surface area contributed by atoms with Crippen LogP contribution in [0.5, 0.6) is 5.88 Å². The Bertz CT molecular complexity index is 1580. The van der Waals surface area contributed by atoms with Crippen LogP contribution in [0.2, 0.25) is 0 Å². The van der Waals surface area contributed by atoms with Gasteiger partial charge < -0.3 is 15.4 Å². The van der Waals surface area contributed by atoms with Crippen molar-refractivity contribution in [3.63, 3.8) is 0 Å². The molecule has 8 nitrogen and oxygen atoms in total. The van der Waals surface area contributed by atoms with Crippen LogP contribution in [0.25, 0.3) is 10.9 Å². The Balaban J connectivity index is 1.76. The third kappa shape index (κ3) is 4.51. The fraction of sp³-hybridized carbons (Fsp3) is 0.240. The second-order valence-corrected chi connectivity index (χ2v) is 8.33. The maximum Gasteiger partial charge on any atom is 0.418 e. The van der Waals surface area contributed by atoms with Gasteiger partial charge in [0.05, 0.1) is 11.1 Å². The van der Waals surface area contributed by atoms with Crippen molar-refractivity contribution in [2.75, 3.05) is 11.9 Å². The van der Waals surface area contributed by atoms with Gasteiger partial charge in [0.2, 0.25) is 5.88 Å². The van der Waals surface area contributed by atoms with Crippen LogP contribution >= 0.6 is 0 Å². The highest BCUT2D eigenvalue weighted by Gasteiger charge is 2.33. The number of H-pyrrole nitrogens is 1. The van der Waals surface area contributed by atoms with Crippen molar-refractivity contribution in [1.29, 1.82) is 0 Å². The number of nitrogens with one attached hydrogen (secondary N) is 2. The summed E-state index contributed by atoms with van der Waals surface area (Å²) in [7, 11) is 2.62. The highest BCUT2D eigenvalue weighted by atomic mass is 19.4. The van der Waals surface area contributed by atoms with Crippen LogP contribution in [-0.4, -0.2) is 31.6 Å². The van der Waals surface area contributed by atoms with Crippen LogP contribution in [0.3, 0.4) is 0 Å². The van der Waals surface area contributed by atoms with Gasteiger partial charge in [-0.2, -0.15) is 13.2 Å². The van der Waals surface area contributed by atoms with Crippen molar-refractivity contribution in [2.24, 2.45) is 19.1 Å². The van der Waals surface area contributed by atoms with Crippen molar-refractivity contribution in [1.82, 2.24) is 14.1 Å². The van der Waals surface area contributed by atoms with Gasteiger partial charge in [-0.1, -0.05) is 30.3 Å². The number of amidine groups is 1. The first kappa shape index (κ1) is 24.8. The van der Waals surface area contributed by atoms with E-state index in [2.05, 4.69) is 15.3 Å². The number of benzene rings is 2. The largest absolute Gasteiger partial charge is 0.494 e. The first-order chi connectivity index (χ1) is 17.0. The van der Waals surface area contributed by atoms with E-state index in [0.717, 1.165) is 15.2 Å². The fourth-order valence-electron chi connectivity index (χ4n) is 4.12. The van der Waals surface area contributed by atoms with Crippen LogP contribution in [0, 0.1) is 6.92 Å². The summed E-state index contributed by atoms with van der Waals surface area (Å²) in [6.07, 6.45) is -4.24. The highest BCUT2D eigenvalue weighted by Crippen LogP contribution is 2.36. The van der Waals surface area contributed by atoms with Crippen LogP contribution in [0.15, 0.2) is 63.1 Å². The number of aromatic amines is 1. The van der Waals surface area contributed by atoms with E-state index in [9.17, 15) is 27.9 Å². The van der Waals surface area contributed by atoms with Gasteiger partial charge in [-0.05, 0) is 37.1 Å². The summed E-state index contributed by atoms with van der Waals surface area (Å²) >= 11 is 0. The summed E-state index contributed by atoms with van der Waals surface area (Å²) in [6, 6.07) is 12.8. The molecule has 2 aromatic heterocycles. The molecule has 3 N–H and O–H groups in total. The lowest BCUT2D eigenvalue weighted by Crippen LogP contribution is -2.41. The Hall–Kier alpha value is -4.28. The number of halogens is 3. The molecule has 0 saturated carbocycles. The van der Waals surface area contributed by atoms with Gasteiger partial charge in [0.1, 0.15) is 11.4 Å². The number of nitrogens with zero attached hydrogens (tertiary/aromatic N) is 3. The molecule has 0 aliphatic heterocycles. The predicted octanol–water partition coefficient (Wildman–Crippen LogP) is 3.70. The Kier molecular flexibility index (Phi) is 6.49. The third-order valence-electron chi connectivity index (χ3n) is 6.00. The minimum absolute atomic E-state index is 0.00804. The fourth-order valence-corrected chi connectivity index (χ4v) is 4.12. The van der Waals surface area contributed by atoms with Crippen LogP contribution in [0.1, 0.15) is 22.4 Å². The first-order valence-electron chi connectivity index (χ1n) is 11.0. The number of hydrogen-bond acceptors (Lipinski definition) is 4. The topological polar surface area (TPSA) is 104 Å². The molecule has 0 aliphatic rings.